The van der Waals surface area contributed by atoms with E-state index in [4.69, 9.17) is 0 Å². The SMILES string of the molecule is [CH3][Sn]([CH2]c1ccccc1)([CH2]c1ccccc1)[CH2]c1ccccc1. The third-order valence-corrected chi connectivity index (χ3v) is 15.2. The van der Waals surface area contributed by atoms with Crippen molar-refractivity contribution >= 4 is 18.4 Å². The summed E-state index contributed by atoms with van der Waals surface area (Å²) in [7, 11) is 0. The molecule has 0 aliphatic heterocycles. The molecule has 0 radical (unpaired) electrons. The van der Waals surface area contributed by atoms with Crippen molar-refractivity contribution in [2.45, 2.75) is 18.2 Å². The van der Waals surface area contributed by atoms with Crippen molar-refractivity contribution in [1.29, 1.82) is 0 Å². The molecule has 0 unspecified atom stereocenters. The van der Waals surface area contributed by atoms with Crippen LogP contribution in [0.2, 0.25) is 4.94 Å². The first-order chi connectivity index (χ1) is 11.2. The second-order valence-corrected chi connectivity index (χ2v) is 20.2. The van der Waals surface area contributed by atoms with Crippen molar-refractivity contribution in [2.75, 3.05) is 0 Å². The molecule has 3 aromatic rings. The summed E-state index contributed by atoms with van der Waals surface area (Å²) in [4.78, 5) is 2.63. The zero-order chi connectivity index (χ0) is 16.0. The second-order valence-electron chi connectivity index (χ2n) is 6.80. The normalized spacial score (nSPS) is 11.3. The van der Waals surface area contributed by atoms with E-state index in [0.29, 0.717) is 0 Å². The third kappa shape index (κ3) is 4.97. The zero-order valence-corrected chi connectivity index (χ0v) is 16.6. The summed E-state index contributed by atoms with van der Waals surface area (Å²) in [6.45, 7) is 0. The van der Waals surface area contributed by atoms with Crippen LogP contribution in [0.1, 0.15) is 16.7 Å². The summed E-state index contributed by atoms with van der Waals surface area (Å²) in [6.07, 6.45) is 0. The molecule has 1 heteroatoms. The summed E-state index contributed by atoms with van der Waals surface area (Å²) in [6, 6.07) is 33.2. The Hall–Kier alpha value is -1.54. The molecule has 0 spiro atoms. The van der Waals surface area contributed by atoms with E-state index < -0.39 is 18.4 Å². The van der Waals surface area contributed by atoms with Gasteiger partial charge >= 0.3 is 144 Å². The van der Waals surface area contributed by atoms with Crippen LogP contribution in [0.5, 0.6) is 0 Å². The molecule has 0 nitrogen and oxygen atoms in total. The van der Waals surface area contributed by atoms with Gasteiger partial charge in [-0.15, -0.1) is 0 Å². The average molecular weight is 407 g/mol. The van der Waals surface area contributed by atoms with Crippen molar-refractivity contribution in [3.05, 3.63) is 108 Å². The minimum atomic E-state index is -2.33. The number of hydrogen-bond donors (Lipinski definition) is 0. The van der Waals surface area contributed by atoms with E-state index in [1.165, 1.54) is 30.0 Å². The van der Waals surface area contributed by atoms with E-state index in [-0.39, 0.29) is 0 Å². The van der Waals surface area contributed by atoms with Gasteiger partial charge in [-0.25, -0.2) is 0 Å². The fourth-order valence-electron chi connectivity index (χ4n) is 3.45. The first kappa shape index (κ1) is 16.3. The predicted octanol–water partition coefficient (Wildman–Crippen LogP) is 5.41. The molecular weight excluding hydrogens is 383 g/mol. The first-order valence-electron chi connectivity index (χ1n) is 8.35. The Morgan fingerprint density at radius 2 is 0.739 bits per heavy atom. The molecular formula is C22H24Sn. The van der Waals surface area contributed by atoms with Gasteiger partial charge in [-0.05, 0) is 0 Å². The van der Waals surface area contributed by atoms with Gasteiger partial charge in [0, 0.05) is 0 Å². The minimum absolute atomic E-state index is 1.30. The van der Waals surface area contributed by atoms with E-state index >= 15 is 0 Å². The Bertz CT molecular complexity index is 603. The van der Waals surface area contributed by atoms with Crippen LogP contribution in [0.15, 0.2) is 91.0 Å². The van der Waals surface area contributed by atoms with Crippen LogP contribution in [0.25, 0.3) is 0 Å². The van der Waals surface area contributed by atoms with Crippen LogP contribution >= 0.6 is 0 Å². The second kappa shape index (κ2) is 7.83. The van der Waals surface area contributed by atoms with E-state index in [1.807, 2.05) is 0 Å². The molecule has 3 aromatic carbocycles. The summed E-state index contributed by atoms with van der Waals surface area (Å²) >= 11 is -2.33. The summed E-state index contributed by atoms with van der Waals surface area (Å²) in [5.74, 6) is 0. The Morgan fingerprint density at radius 3 is 1.00 bits per heavy atom. The zero-order valence-electron chi connectivity index (χ0n) is 13.8. The van der Waals surface area contributed by atoms with E-state index in [9.17, 15) is 0 Å². The van der Waals surface area contributed by atoms with Gasteiger partial charge in [0.05, 0.1) is 0 Å². The molecule has 23 heavy (non-hydrogen) atoms. The molecule has 0 saturated heterocycles. The van der Waals surface area contributed by atoms with Gasteiger partial charge in [0.15, 0.2) is 0 Å². The predicted molar refractivity (Wildman–Crippen MR) is 102 cm³/mol. The van der Waals surface area contributed by atoms with Gasteiger partial charge in [-0.3, -0.25) is 0 Å². The van der Waals surface area contributed by atoms with Crippen LogP contribution in [0.3, 0.4) is 0 Å². The van der Waals surface area contributed by atoms with Crippen molar-refractivity contribution in [3.8, 4) is 0 Å². The molecule has 0 aliphatic carbocycles. The number of hydrogen-bond acceptors (Lipinski definition) is 0. The van der Waals surface area contributed by atoms with E-state index in [0.717, 1.165) is 0 Å². The molecule has 0 saturated carbocycles. The van der Waals surface area contributed by atoms with Crippen LogP contribution in [0.4, 0.5) is 0 Å². The fraction of sp³-hybridized carbons (Fsp3) is 0.182. The van der Waals surface area contributed by atoms with Crippen LogP contribution < -0.4 is 0 Å². The van der Waals surface area contributed by atoms with Gasteiger partial charge in [0.25, 0.3) is 0 Å². The van der Waals surface area contributed by atoms with Crippen LogP contribution in [0, 0.1) is 0 Å². The third-order valence-electron chi connectivity index (χ3n) is 4.42. The van der Waals surface area contributed by atoms with Crippen molar-refractivity contribution in [3.63, 3.8) is 0 Å². The van der Waals surface area contributed by atoms with E-state index in [2.05, 4.69) is 95.9 Å². The number of rotatable bonds is 6. The average Bonchev–Trinajstić information content (AvgIpc) is 2.57. The first-order valence-corrected chi connectivity index (χ1v) is 17.3. The standard InChI is InChI=1S/3C7H7.CH3.Sn/c3*1-7-5-3-2-4-6-7;;/h3*2-6H,1H2;1H3;. The van der Waals surface area contributed by atoms with Crippen LogP contribution in [-0.4, -0.2) is 18.4 Å². The van der Waals surface area contributed by atoms with E-state index in [1.54, 1.807) is 0 Å². The molecule has 116 valence electrons. The monoisotopic (exact) mass is 408 g/mol. The van der Waals surface area contributed by atoms with Gasteiger partial charge in [0.1, 0.15) is 0 Å². The molecule has 0 bridgehead atoms. The molecule has 0 aliphatic rings. The number of benzene rings is 3. The Balaban J connectivity index is 1.85. The van der Waals surface area contributed by atoms with Crippen molar-refractivity contribution in [2.24, 2.45) is 0 Å². The topological polar surface area (TPSA) is 0 Å². The van der Waals surface area contributed by atoms with Gasteiger partial charge in [-0.2, -0.15) is 0 Å². The van der Waals surface area contributed by atoms with Gasteiger partial charge in [0.2, 0.25) is 0 Å². The summed E-state index contributed by atoms with van der Waals surface area (Å²) in [5, 5.41) is 0. The van der Waals surface area contributed by atoms with Gasteiger partial charge in [-0.1, -0.05) is 0 Å². The summed E-state index contributed by atoms with van der Waals surface area (Å²) in [5.41, 5.74) is 4.54. The fourth-order valence-corrected chi connectivity index (χ4v) is 15.0. The molecule has 0 amide bonds. The van der Waals surface area contributed by atoms with Crippen molar-refractivity contribution < 1.29 is 0 Å². The summed E-state index contributed by atoms with van der Waals surface area (Å²) < 4.78 is 3.91. The molecule has 0 heterocycles. The Labute approximate surface area is 144 Å². The molecule has 0 N–H and O–H groups in total. The molecule has 0 fully saturated rings. The molecule has 0 atom stereocenters. The van der Waals surface area contributed by atoms with Gasteiger partial charge < -0.3 is 0 Å². The Morgan fingerprint density at radius 1 is 0.478 bits per heavy atom. The van der Waals surface area contributed by atoms with Crippen molar-refractivity contribution in [1.82, 2.24) is 0 Å². The molecule has 3 rings (SSSR count). The molecule has 0 aromatic heterocycles. The quantitative estimate of drug-likeness (QED) is 0.480. The Kier molecular flexibility index (Phi) is 5.55. The maximum absolute atomic E-state index is 2.63. The van der Waals surface area contributed by atoms with Crippen LogP contribution in [-0.2, 0) is 13.3 Å². The maximum atomic E-state index is 2.63.